The van der Waals surface area contributed by atoms with Gasteiger partial charge in [0.05, 0.1) is 0 Å². The second kappa shape index (κ2) is 6.97. The summed E-state index contributed by atoms with van der Waals surface area (Å²) in [7, 11) is 0. The molecule has 1 aromatic rings. The Labute approximate surface area is 127 Å². The molecule has 0 amide bonds. The SMILES string of the molecule is CCCN(CC1CSc2ccccc21)C1CCCNC1. The van der Waals surface area contributed by atoms with E-state index in [1.54, 1.807) is 5.56 Å². The predicted molar refractivity (Wildman–Crippen MR) is 87.7 cm³/mol. The van der Waals surface area contributed by atoms with Crippen LogP contribution in [0.4, 0.5) is 0 Å². The maximum Gasteiger partial charge on any atom is 0.0221 e. The first-order chi connectivity index (χ1) is 9.88. The Kier molecular flexibility index (Phi) is 5.03. The van der Waals surface area contributed by atoms with Crippen molar-refractivity contribution in [2.45, 2.75) is 43.0 Å². The molecule has 0 aromatic heterocycles. The topological polar surface area (TPSA) is 15.3 Å². The van der Waals surface area contributed by atoms with Crippen molar-refractivity contribution in [1.29, 1.82) is 0 Å². The van der Waals surface area contributed by atoms with Crippen molar-refractivity contribution in [2.75, 3.05) is 31.9 Å². The van der Waals surface area contributed by atoms with Gasteiger partial charge in [-0.05, 0) is 44.0 Å². The molecule has 2 nitrogen and oxygen atoms in total. The summed E-state index contributed by atoms with van der Waals surface area (Å²) in [5.74, 6) is 1.99. The third kappa shape index (κ3) is 3.21. The number of hydrogen-bond acceptors (Lipinski definition) is 3. The van der Waals surface area contributed by atoms with Crippen LogP contribution in [-0.2, 0) is 0 Å². The van der Waals surface area contributed by atoms with E-state index < -0.39 is 0 Å². The zero-order valence-electron chi connectivity index (χ0n) is 12.5. The number of thioether (sulfide) groups is 1. The average Bonchev–Trinajstić information content (AvgIpc) is 2.91. The minimum absolute atomic E-state index is 0.727. The highest BCUT2D eigenvalue weighted by Gasteiger charge is 2.28. The van der Waals surface area contributed by atoms with Gasteiger partial charge in [-0.15, -0.1) is 11.8 Å². The zero-order chi connectivity index (χ0) is 13.8. The van der Waals surface area contributed by atoms with Crippen LogP contribution in [-0.4, -0.2) is 42.9 Å². The molecule has 1 N–H and O–H groups in total. The van der Waals surface area contributed by atoms with Crippen LogP contribution in [0.25, 0.3) is 0 Å². The van der Waals surface area contributed by atoms with E-state index in [0.29, 0.717) is 0 Å². The molecule has 3 heteroatoms. The second-order valence-electron chi connectivity index (χ2n) is 6.04. The van der Waals surface area contributed by atoms with Crippen LogP contribution in [0.3, 0.4) is 0 Å². The summed E-state index contributed by atoms with van der Waals surface area (Å²) in [6.07, 6.45) is 3.97. The number of nitrogens with one attached hydrogen (secondary N) is 1. The molecule has 2 aliphatic rings. The minimum Gasteiger partial charge on any atom is -0.315 e. The van der Waals surface area contributed by atoms with Gasteiger partial charge in [0.2, 0.25) is 0 Å². The number of benzene rings is 1. The second-order valence-corrected chi connectivity index (χ2v) is 7.10. The molecule has 2 unspecified atom stereocenters. The smallest absolute Gasteiger partial charge is 0.0221 e. The summed E-state index contributed by atoms with van der Waals surface area (Å²) in [4.78, 5) is 4.26. The monoisotopic (exact) mass is 290 g/mol. The Balaban J connectivity index is 1.67. The number of fused-ring (bicyclic) bond motifs is 1. The Morgan fingerprint density at radius 3 is 3.05 bits per heavy atom. The molecule has 110 valence electrons. The average molecular weight is 290 g/mol. The van der Waals surface area contributed by atoms with Crippen LogP contribution in [0.15, 0.2) is 29.2 Å². The summed E-state index contributed by atoms with van der Waals surface area (Å²) in [6, 6.07) is 9.74. The fraction of sp³-hybridized carbons (Fsp3) is 0.647. The van der Waals surface area contributed by atoms with Crippen LogP contribution < -0.4 is 5.32 Å². The molecule has 0 bridgehead atoms. The van der Waals surface area contributed by atoms with Crippen LogP contribution in [0.5, 0.6) is 0 Å². The normalized spacial score (nSPS) is 25.9. The van der Waals surface area contributed by atoms with Crippen molar-refractivity contribution in [3.63, 3.8) is 0 Å². The molecule has 0 saturated carbocycles. The van der Waals surface area contributed by atoms with Gasteiger partial charge in [0.1, 0.15) is 0 Å². The highest BCUT2D eigenvalue weighted by molar-refractivity contribution is 7.99. The number of piperidine rings is 1. The lowest BCUT2D eigenvalue weighted by atomic mass is 9.98. The highest BCUT2D eigenvalue weighted by Crippen LogP contribution is 2.39. The van der Waals surface area contributed by atoms with Gasteiger partial charge in [-0.25, -0.2) is 0 Å². The molecule has 3 rings (SSSR count). The molecular formula is C17H26N2S. The van der Waals surface area contributed by atoms with Crippen molar-refractivity contribution in [1.82, 2.24) is 10.2 Å². The molecule has 2 atom stereocenters. The van der Waals surface area contributed by atoms with Gasteiger partial charge in [-0.3, -0.25) is 4.90 Å². The van der Waals surface area contributed by atoms with E-state index in [1.165, 1.54) is 56.1 Å². The number of rotatable bonds is 5. The molecular weight excluding hydrogens is 264 g/mol. The van der Waals surface area contributed by atoms with E-state index in [2.05, 4.69) is 41.4 Å². The van der Waals surface area contributed by atoms with Gasteiger partial charge in [0, 0.05) is 35.7 Å². The number of hydrogen-bond donors (Lipinski definition) is 1. The van der Waals surface area contributed by atoms with E-state index in [4.69, 9.17) is 0 Å². The van der Waals surface area contributed by atoms with Crippen molar-refractivity contribution in [3.8, 4) is 0 Å². The first-order valence-corrected chi connectivity index (χ1v) is 9.03. The largest absolute Gasteiger partial charge is 0.315 e. The van der Waals surface area contributed by atoms with E-state index in [0.717, 1.165) is 12.0 Å². The van der Waals surface area contributed by atoms with Gasteiger partial charge < -0.3 is 5.32 Å². The lowest BCUT2D eigenvalue weighted by Gasteiger charge is -2.36. The highest BCUT2D eigenvalue weighted by atomic mass is 32.2. The zero-order valence-corrected chi connectivity index (χ0v) is 13.3. The third-order valence-corrected chi connectivity index (χ3v) is 5.80. The first-order valence-electron chi connectivity index (χ1n) is 8.05. The molecule has 0 spiro atoms. The van der Waals surface area contributed by atoms with Crippen LogP contribution in [0.2, 0.25) is 0 Å². The lowest BCUT2D eigenvalue weighted by molar-refractivity contribution is 0.159. The molecule has 0 aliphatic carbocycles. The molecule has 1 saturated heterocycles. The van der Waals surface area contributed by atoms with Gasteiger partial charge in [-0.2, -0.15) is 0 Å². The molecule has 1 fully saturated rings. The van der Waals surface area contributed by atoms with E-state index >= 15 is 0 Å². The standard InChI is InChI=1S/C17H26N2S/c1-2-10-19(15-6-5-9-18-11-15)12-14-13-20-17-8-4-3-7-16(14)17/h3-4,7-8,14-15,18H,2,5-6,9-13H2,1H3. The molecule has 0 radical (unpaired) electrons. The molecule has 2 heterocycles. The van der Waals surface area contributed by atoms with Crippen molar-refractivity contribution >= 4 is 11.8 Å². The van der Waals surface area contributed by atoms with Gasteiger partial charge in [0.15, 0.2) is 0 Å². The summed E-state index contributed by atoms with van der Waals surface area (Å²) >= 11 is 2.04. The Morgan fingerprint density at radius 2 is 2.25 bits per heavy atom. The van der Waals surface area contributed by atoms with Crippen LogP contribution in [0.1, 0.15) is 37.7 Å². The maximum atomic E-state index is 3.57. The summed E-state index contributed by atoms with van der Waals surface area (Å²) in [5.41, 5.74) is 1.59. The molecule has 2 aliphatic heterocycles. The molecule has 20 heavy (non-hydrogen) atoms. The first kappa shape index (κ1) is 14.4. The van der Waals surface area contributed by atoms with Crippen molar-refractivity contribution < 1.29 is 0 Å². The summed E-state index contributed by atoms with van der Waals surface area (Å²) in [5, 5.41) is 3.57. The third-order valence-electron chi connectivity index (χ3n) is 4.55. The van der Waals surface area contributed by atoms with Crippen LogP contribution >= 0.6 is 11.8 Å². The Hall–Kier alpha value is -0.510. The van der Waals surface area contributed by atoms with Gasteiger partial charge in [-0.1, -0.05) is 25.1 Å². The summed E-state index contributed by atoms with van der Waals surface area (Å²) in [6.45, 7) is 7.18. The quantitative estimate of drug-likeness (QED) is 0.895. The fourth-order valence-corrected chi connectivity index (χ4v) is 4.76. The predicted octanol–water partition coefficient (Wildman–Crippen LogP) is 3.34. The van der Waals surface area contributed by atoms with Crippen molar-refractivity contribution in [3.05, 3.63) is 29.8 Å². The van der Waals surface area contributed by atoms with Gasteiger partial charge >= 0.3 is 0 Å². The van der Waals surface area contributed by atoms with Crippen molar-refractivity contribution in [2.24, 2.45) is 0 Å². The Morgan fingerprint density at radius 1 is 1.35 bits per heavy atom. The Bertz CT molecular complexity index is 429. The minimum atomic E-state index is 0.727. The van der Waals surface area contributed by atoms with E-state index in [9.17, 15) is 0 Å². The van der Waals surface area contributed by atoms with Gasteiger partial charge in [0.25, 0.3) is 0 Å². The number of nitrogens with zero attached hydrogens (tertiary/aromatic N) is 1. The molecule has 1 aromatic carbocycles. The fourth-order valence-electron chi connectivity index (χ4n) is 3.52. The lowest BCUT2D eigenvalue weighted by Crippen LogP contribution is -2.47. The van der Waals surface area contributed by atoms with E-state index in [1.807, 2.05) is 11.8 Å². The summed E-state index contributed by atoms with van der Waals surface area (Å²) < 4.78 is 0. The van der Waals surface area contributed by atoms with E-state index in [-0.39, 0.29) is 0 Å². The maximum absolute atomic E-state index is 3.57. The van der Waals surface area contributed by atoms with Crippen LogP contribution in [0, 0.1) is 0 Å².